The minimum atomic E-state index is -0.336. The first-order chi connectivity index (χ1) is 13.5. The third-order valence-corrected chi connectivity index (χ3v) is 5.75. The van der Waals surface area contributed by atoms with Crippen LogP contribution in [0.25, 0.3) is 0 Å². The van der Waals surface area contributed by atoms with Crippen LogP contribution in [0, 0.1) is 5.82 Å². The Bertz CT molecular complexity index is 783. The molecule has 6 nitrogen and oxygen atoms in total. The molecule has 152 valence electrons. The number of carbonyl (C=O) groups is 1. The third kappa shape index (κ3) is 4.76. The van der Waals surface area contributed by atoms with Gasteiger partial charge in [-0.3, -0.25) is 9.69 Å². The highest BCUT2D eigenvalue weighted by atomic mass is 19.1. The van der Waals surface area contributed by atoms with Crippen molar-refractivity contribution in [3.8, 4) is 0 Å². The van der Waals surface area contributed by atoms with Crippen LogP contribution in [0.3, 0.4) is 0 Å². The molecule has 0 saturated carbocycles. The van der Waals surface area contributed by atoms with Crippen molar-refractivity contribution in [1.82, 2.24) is 25.2 Å². The average molecular weight is 388 g/mol. The molecule has 1 saturated heterocycles. The number of carbonyl (C=O) groups excluding carboxylic acids is 1. The van der Waals surface area contributed by atoms with Crippen LogP contribution in [0.5, 0.6) is 0 Å². The lowest BCUT2D eigenvalue weighted by atomic mass is 9.97. The zero-order chi connectivity index (χ0) is 20.1. The first-order valence-electron chi connectivity index (χ1n) is 10.2. The van der Waals surface area contributed by atoms with E-state index in [9.17, 15) is 9.18 Å². The summed E-state index contributed by atoms with van der Waals surface area (Å²) in [5, 5.41) is 10.9. The number of nitrogens with one attached hydrogen (secondary N) is 1. The second-order valence-corrected chi connectivity index (χ2v) is 7.76. The van der Waals surface area contributed by atoms with Gasteiger partial charge in [-0.25, -0.2) is 9.07 Å². The van der Waals surface area contributed by atoms with E-state index < -0.39 is 0 Å². The number of nitrogens with zero attached hydrogens (tertiary/aromatic N) is 4. The molecular weight excluding hydrogens is 357 g/mol. The second kappa shape index (κ2) is 9.28. The van der Waals surface area contributed by atoms with Gasteiger partial charge in [0.2, 0.25) is 0 Å². The van der Waals surface area contributed by atoms with Crippen LogP contribution in [0.1, 0.15) is 68.5 Å². The monoisotopic (exact) mass is 387 g/mol. The molecule has 0 aliphatic carbocycles. The molecule has 1 fully saturated rings. The largest absolute Gasteiger partial charge is 0.351 e. The Balaban J connectivity index is 1.50. The summed E-state index contributed by atoms with van der Waals surface area (Å²) in [5.41, 5.74) is 0.770. The number of halogens is 1. The van der Waals surface area contributed by atoms with Crippen LogP contribution >= 0.6 is 0 Å². The quantitative estimate of drug-likeness (QED) is 0.740. The van der Waals surface area contributed by atoms with E-state index in [1.165, 1.54) is 30.0 Å². The van der Waals surface area contributed by atoms with E-state index in [1.807, 2.05) is 6.92 Å². The summed E-state index contributed by atoms with van der Waals surface area (Å²) in [4.78, 5) is 14.9. The van der Waals surface area contributed by atoms with Gasteiger partial charge in [0.25, 0.3) is 5.91 Å². The van der Waals surface area contributed by atoms with Crippen LogP contribution in [0.4, 0.5) is 4.39 Å². The number of rotatable bonds is 7. The van der Waals surface area contributed by atoms with Crippen LogP contribution in [-0.2, 0) is 0 Å². The summed E-state index contributed by atoms with van der Waals surface area (Å²) in [6, 6.07) is 7.45. The van der Waals surface area contributed by atoms with Crippen molar-refractivity contribution in [3.63, 3.8) is 0 Å². The first-order valence-corrected chi connectivity index (χ1v) is 10.2. The highest BCUT2D eigenvalue weighted by Gasteiger charge is 2.24. The Labute approximate surface area is 166 Å². The Morgan fingerprint density at radius 1 is 1.29 bits per heavy atom. The fraction of sp³-hybridized carbons (Fsp3) is 0.571. The van der Waals surface area contributed by atoms with Crippen molar-refractivity contribution in [2.75, 3.05) is 13.1 Å². The van der Waals surface area contributed by atoms with Gasteiger partial charge in [-0.1, -0.05) is 29.8 Å². The third-order valence-electron chi connectivity index (χ3n) is 5.75. The van der Waals surface area contributed by atoms with Crippen LogP contribution in [-0.4, -0.2) is 51.0 Å². The van der Waals surface area contributed by atoms with Crippen LogP contribution in [0.15, 0.2) is 30.5 Å². The Morgan fingerprint density at radius 2 is 2.00 bits per heavy atom. The summed E-state index contributed by atoms with van der Waals surface area (Å²) in [7, 11) is 0. The Morgan fingerprint density at radius 3 is 2.71 bits per heavy atom. The number of hydrogen-bond acceptors (Lipinski definition) is 4. The number of hydrogen-bond donors (Lipinski definition) is 1. The number of piperidine rings is 1. The molecular formula is C21H30FN5O. The van der Waals surface area contributed by atoms with Crippen LogP contribution < -0.4 is 5.32 Å². The molecule has 2 heterocycles. The molecule has 1 N–H and O–H groups in total. The van der Waals surface area contributed by atoms with Crippen molar-refractivity contribution < 1.29 is 9.18 Å². The number of likely N-dealkylation sites (tertiary alicyclic amines) is 1. The summed E-state index contributed by atoms with van der Waals surface area (Å²) in [6.07, 6.45) is 6.28. The molecule has 0 spiro atoms. The van der Waals surface area contributed by atoms with Gasteiger partial charge >= 0.3 is 0 Å². The molecule has 1 aromatic heterocycles. The molecule has 0 bridgehead atoms. The van der Waals surface area contributed by atoms with Gasteiger partial charge in [0, 0.05) is 30.7 Å². The minimum absolute atomic E-state index is 0.244. The minimum Gasteiger partial charge on any atom is -0.351 e. The smallest absolute Gasteiger partial charge is 0.273 e. The average Bonchev–Trinajstić information content (AvgIpc) is 3.17. The van der Waals surface area contributed by atoms with E-state index in [-0.39, 0.29) is 23.5 Å². The topological polar surface area (TPSA) is 63.1 Å². The van der Waals surface area contributed by atoms with Crippen molar-refractivity contribution in [2.24, 2.45) is 0 Å². The van der Waals surface area contributed by atoms with Crippen LogP contribution in [0.2, 0.25) is 0 Å². The molecule has 1 aromatic carbocycles. The van der Waals surface area contributed by atoms with E-state index in [0.717, 1.165) is 13.0 Å². The maximum atomic E-state index is 14.0. The number of benzene rings is 1. The van der Waals surface area contributed by atoms with E-state index in [0.29, 0.717) is 24.2 Å². The lowest BCUT2D eigenvalue weighted by Gasteiger charge is -2.39. The summed E-state index contributed by atoms with van der Waals surface area (Å²) >= 11 is 0. The van der Waals surface area contributed by atoms with Gasteiger partial charge in [0.15, 0.2) is 5.69 Å². The van der Waals surface area contributed by atoms with Gasteiger partial charge in [0.1, 0.15) is 5.82 Å². The van der Waals surface area contributed by atoms with Gasteiger partial charge in [-0.05, 0) is 46.1 Å². The van der Waals surface area contributed by atoms with E-state index >= 15 is 0 Å². The highest BCUT2D eigenvalue weighted by Crippen LogP contribution is 2.22. The fourth-order valence-corrected chi connectivity index (χ4v) is 4.00. The Kier molecular flexibility index (Phi) is 6.78. The SMILES string of the molecule is CC1CCCC(C)N1CCCNC(=O)c1cn(C(C)c2ccccc2F)nn1. The van der Waals surface area contributed by atoms with Gasteiger partial charge in [0.05, 0.1) is 12.2 Å². The summed E-state index contributed by atoms with van der Waals surface area (Å²) < 4.78 is 15.5. The van der Waals surface area contributed by atoms with Gasteiger partial charge < -0.3 is 5.32 Å². The Hall–Kier alpha value is -2.28. The summed E-state index contributed by atoms with van der Waals surface area (Å²) in [5.74, 6) is -0.538. The fourth-order valence-electron chi connectivity index (χ4n) is 4.00. The first kappa shape index (κ1) is 20.5. The lowest BCUT2D eigenvalue weighted by molar-refractivity contribution is 0.0921. The molecule has 1 aliphatic heterocycles. The predicted octanol–water partition coefficient (Wildman–Crippen LogP) is 3.41. The second-order valence-electron chi connectivity index (χ2n) is 7.76. The summed E-state index contributed by atoms with van der Waals surface area (Å²) in [6.45, 7) is 7.98. The van der Waals surface area contributed by atoms with Crippen molar-refractivity contribution >= 4 is 5.91 Å². The van der Waals surface area contributed by atoms with E-state index in [1.54, 1.807) is 24.4 Å². The zero-order valence-electron chi connectivity index (χ0n) is 16.9. The molecule has 1 aliphatic rings. The zero-order valence-corrected chi connectivity index (χ0v) is 16.9. The molecule has 3 atom stereocenters. The predicted molar refractivity (Wildman–Crippen MR) is 107 cm³/mol. The number of aromatic nitrogens is 3. The van der Waals surface area contributed by atoms with E-state index in [2.05, 4.69) is 34.4 Å². The van der Waals surface area contributed by atoms with Crippen molar-refractivity contribution in [1.29, 1.82) is 0 Å². The van der Waals surface area contributed by atoms with Crippen molar-refractivity contribution in [3.05, 3.63) is 47.5 Å². The molecule has 28 heavy (non-hydrogen) atoms. The maximum Gasteiger partial charge on any atom is 0.273 e. The maximum absolute atomic E-state index is 14.0. The molecule has 7 heteroatoms. The molecule has 3 rings (SSSR count). The molecule has 1 amide bonds. The van der Waals surface area contributed by atoms with Crippen molar-refractivity contribution in [2.45, 2.75) is 64.6 Å². The van der Waals surface area contributed by atoms with Gasteiger partial charge in [-0.15, -0.1) is 5.10 Å². The molecule has 0 radical (unpaired) electrons. The lowest BCUT2D eigenvalue weighted by Crippen LogP contribution is -2.44. The standard InChI is InChI=1S/C21H30FN5O/c1-15-8-6-9-16(2)26(15)13-7-12-23-21(28)20-14-27(25-24-20)17(3)18-10-4-5-11-19(18)22/h4-5,10-11,14-17H,6-9,12-13H2,1-3H3,(H,23,28). The highest BCUT2D eigenvalue weighted by molar-refractivity contribution is 5.91. The molecule has 2 aromatic rings. The molecule has 3 unspecified atom stereocenters. The normalized spacial score (nSPS) is 21.4. The van der Waals surface area contributed by atoms with E-state index in [4.69, 9.17) is 0 Å². The number of amides is 1. The van der Waals surface area contributed by atoms with Gasteiger partial charge in [-0.2, -0.15) is 0 Å².